The number of hydrogen-bond acceptors (Lipinski definition) is 3. The Morgan fingerprint density at radius 3 is 1.73 bits per heavy atom. The molecule has 0 bridgehead atoms. The van der Waals surface area contributed by atoms with Gasteiger partial charge >= 0.3 is 0 Å². The van der Waals surface area contributed by atoms with Gasteiger partial charge in [-0.05, 0) is 68.8 Å². The molecule has 0 aliphatic heterocycles. The molecule has 5 aromatic carbocycles. The number of aromatic nitrogens is 3. The molecule has 0 saturated carbocycles. The number of rotatable bonds is 3. The fourth-order valence-corrected chi connectivity index (χ4v) is 7.29. The van der Waals surface area contributed by atoms with Crippen molar-refractivity contribution in [2.24, 2.45) is 0 Å². The molecule has 0 atom stereocenters. The molecule has 210 valence electrons. The van der Waals surface area contributed by atoms with Gasteiger partial charge in [-0.25, -0.2) is 9.97 Å². The van der Waals surface area contributed by atoms with E-state index >= 15 is 0 Å². The minimum absolute atomic E-state index is 0.486. The molecule has 3 heteroatoms. The molecule has 0 fully saturated rings. The van der Waals surface area contributed by atoms with Crippen molar-refractivity contribution in [1.82, 2.24) is 15.0 Å². The monoisotopic (exact) mass is 573 g/mol. The first kappa shape index (κ1) is 25.6. The third-order valence-electron chi connectivity index (χ3n) is 9.23. The molecule has 3 nitrogen and oxygen atoms in total. The molecule has 45 heavy (non-hydrogen) atoms. The second-order valence-electron chi connectivity index (χ2n) is 11.6. The van der Waals surface area contributed by atoms with Crippen LogP contribution in [-0.4, -0.2) is 15.0 Å². The smallest absolute Gasteiger partial charge is 0.161 e. The Balaban J connectivity index is 1.34. The van der Waals surface area contributed by atoms with Crippen LogP contribution in [0.1, 0.15) is 33.4 Å². The lowest BCUT2D eigenvalue weighted by Gasteiger charge is -2.35. The van der Waals surface area contributed by atoms with E-state index in [0.29, 0.717) is 5.82 Å². The number of pyridine rings is 1. The molecule has 0 saturated heterocycles. The standard InChI is InChI=1S/C42H27N3/c1-2-13-30(14-3-1)39-26-40(45-41(44-39)32-15-10-24-43-27-32)31-22-23-34-33-16-6-9-19-37(33)42(38(34)25-31)35-17-7-4-11-28(35)20-21-29-12-5-8-18-36(29)42/h1-27H. The van der Waals surface area contributed by atoms with Gasteiger partial charge in [-0.15, -0.1) is 0 Å². The van der Waals surface area contributed by atoms with Gasteiger partial charge in [0.1, 0.15) is 0 Å². The first-order chi connectivity index (χ1) is 22.3. The molecule has 9 rings (SSSR count). The van der Waals surface area contributed by atoms with Gasteiger partial charge in [0.05, 0.1) is 16.8 Å². The number of hydrogen-bond donors (Lipinski definition) is 0. The Morgan fingerprint density at radius 2 is 1.02 bits per heavy atom. The molecule has 2 aliphatic carbocycles. The summed E-state index contributed by atoms with van der Waals surface area (Å²) in [5.74, 6) is 0.660. The fourth-order valence-electron chi connectivity index (χ4n) is 7.29. The van der Waals surface area contributed by atoms with E-state index in [1.807, 2.05) is 36.5 Å². The molecule has 7 aromatic rings. The van der Waals surface area contributed by atoms with Crippen LogP contribution in [0.2, 0.25) is 0 Å². The topological polar surface area (TPSA) is 38.7 Å². The van der Waals surface area contributed by atoms with Gasteiger partial charge in [0.2, 0.25) is 0 Å². The van der Waals surface area contributed by atoms with Crippen molar-refractivity contribution >= 4 is 12.2 Å². The normalized spacial score (nSPS) is 13.4. The zero-order chi connectivity index (χ0) is 29.8. The summed E-state index contributed by atoms with van der Waals surface area (Å²) in [7, 11) is 0. The van der Waals surface area contributed by atoms with Crippen LogP contribution in [0.25, 0.3) is 57.2 Å². The van der Waals surface area contributed by atoms with Crippen LogP contribution in [0, 0.1) is 0 Å². The number of nitrogens with zero attached hydrogens (tertiary/aromatic N) is 3. The van der Waals surface area contributed by atoms with Gasteiger partial charge in [0, 0.05) is 29.1 Å². The van der Waals surface area contributed by atoms with E-state index in [-0.39, 0.29) is 0 Å². The van der Waals surface area contributed by atoms with Crippen LogP contribution in [0.4, 0.5) is 0 Å². The third kappa shape index (κ3) is 3.87. The second-order valence-corrected chi connectivity index (χ2v) is 11.6. The van der Waals surface area contributed by atoms with E-state index in [0.717, 1.165) is 28.1 Å². The molecule has 2 heterocycles. The molecule has 0 radical (unpaired) electrons. The van der Waals surface area contributed by atoms with Crippen molar-refractivity contribution in [3.63, 3.8) is 0 Å². The Kier molecular flexibility index (Phi) is 5.72. The summed E-state index contributed by atoms with van der Waals surface area (Å²) < 4.78 is 0. The van der Waals surface area contributed by atoms with Crippen molar-refractivity contribution in [3.8, 4) is 45.0 Å². The van der Waals surface area contributed by atoms with Crippen LogP contribution >= 0.6 is 0 Å². The average Bonchev–Trinajstić information content (AvgIpc) is 3.32. The highest BCUT2D eigenvalue weighted by molar-refractivity contribution is 5.92. The van der Waals surface area contributed by atoms with E-state index < -0.39 is 5.41 Å². The van der Waals surface area contributed by atoms with Gasteiger partial charge in [-0.2, -0.15) is 0 Å². The maximum Gasteiger partial charge on any atom is 0.161 e. The molecule has 2 aromatic heterocycles. The van der Waals surface area contributed by atoms with Gasteiger partial charge in [0.15, 0.2) is 5.82 Å². The lowest BCUT2D eigenvalue weighted by molar-refractivity contribution is 0.766. The Bertz CT molecular complexity index is 2160. The van der Waals surface area contributed by atoms with E-state index in [1.165, 1.54) is 44.5 Å². The average molecular weight is 574 g/mol. The van der Waals surface area contributed by atoms with E-state index in [1.54, 1.807) is 6.20 Å². The number of fused-ring (bicyclic) bond motifs is 9. The van der Waals surface area contributed by atoms with Crippen LogP contribution < -0.4 is 0 Å². The van der Waals surface area contributed by atoms with E-state index in [9.17, 15) is 0 Å². The van der Waals surface area contributed by atoms with E-state index in [2.05, 4.69) is 126 Å². The lowest BCUT2D eigenvalue weighted by Crippen LogP contribution is -2.30. The van der Waals surface area contributed by atoms with Gasteiger partial charge in [-0.3, -0.25) is 4.98 Å². The summed E-state index contributed by atoms with van der Waals surface area (Å²) in [6.07, 6.45) is 8.14. The quantitative estimate of drug-likeness (QED) is 0.211. The molecule has 1 spiro atoms. The Morgan fingerprint density at radius 1 is 0.422 bits per heavy atom. The van der Waals surface area contributed by atoms with Crippen LogP contribution in [0.15, 0.2) is 152 Å². The van der Waals surface area contributed by atoms with Crippen LogP contribution in [0.3, 0.4) is 0 Å². The Labute approximate surface area is 262 Å². The highest BCUT2D eigenvalue weighted by Crippen LogP contribution is 2.58. The zero-order valence-electron chi connectivity index (χ0n) is 24.4. The maximum atomic E-state index is 5.15. The maximum absolute atomic E-state index is 5.15. The summed E-state index contributed by atoms with van der Waals surface area (Å²) >= 11 is 0. The van der Waals surface area contributed by atoms with Crippen molar-refractivity contribution in [2.45, 2.75) is 5.41 Å². The second kappa shape index (κ2) is 10.1. The van der Waals surface area contributed by atoms with Crippen molar-refractivity contribution < 1.29 is 0 Å². The molecule has 0 N–H and O–H groups in total. The summed E-state index contributed by atoms with van der Waals surface area (Å²) in [6, 6.07) is 49.9. The zero-order valence-corrected chi connectivity index (χ0v) is 24.4. The first-order valence-corrected chi connectivity index (χ1v) is 15.3. The Hall–Kier alpha value is -5.93. The third-order valence-corrected chi connectivity index (χ3v) is 9.23. The first-order valence-electron chi connectivity index (χ1n) is 15.3. The van der Waals surface area contributed by atoms with Crippen molar-refractivity contribution in [3.05, 3.63) is 185 Å². The van der Waals surface area contributed by atoms with E-state index in [4.69, 9.17) is 9.97 Å². The summed E-state index contributed by atoms with van der Waals surface area (Å²) in [4.78, 5) is 14.5. The SMILES string of the molecule is C1=Cc2ccccc2C2(c3ccccc31)c1ccccc1-c1ccc(-c3cc(-c4ccccc4)nc(-c4cccnc4)n3)cc12. The van der Waals surface area contributed by atoms with Crippen LogP contribution in [0.5, 0.6) is 0 Å². The van der Waals surface area contributed by atoms with Gasteiger partial charge in [0.25, 0.3) is 0 Å². The summed E-state index contributed by atoms with van der Waals surface area (Å²) in [5, 5.41) is 0. The minimum Gasteiger partial charge on any atom is -0.264 e. The predicted octanol–water partition coefficient (Wildman–Crippen LogP) is 9.72. The molecular weight excluding hydrogens is 546 g/mol. The van der Waals surface area contributed by atoms with Gasteiger partial charge in [-0.1, -0.05) is 127 Å². The highest BCUT2D eigenvalue weighted by Gasteiger charge is 2.48. The summed E-state index contributed by atoms with van der Waals surface area (Å²) in [5.41, 5.74) is 14.4. The summed E-state index contributed by atoms with van der Waals surface area (Å²) in [6.45, 7) is 0. The van der Waals surface area contributed by atoms with Gasteiger partial charge < -0.3 is 0 Å². The predicted molar refractivity (Wildman–Crippen MR) is 182 cm³/mol. The largest absolute Gasteiger partial charge is 0.264 e. The molecular formula is C42H27N3. The van der Waals surface area contributed by atoms with Crippen LogP contribution in [-0.2, 0) is 5.41 Å². The molecule has 0 amide bonds. The van der Waals surface area contributed by atoms with Crippen molar-refractivity contribution in [2.75, 3.05) is 0 Å². The molecule has 0 unspecified atom stereocenters. The minimum atomic E-state index is -0.486. The lowest BCUT2D eigenvalue weighted by atomic mass is 9.66. The molecule has 2 aliphatic rings. The fraction of sp³-hybridized carbons (Fsp3) is 0.0238. The van der Waals surface area contributed by atoms with Crippen molar-refractivity contribution in [1.29, 1.82) is 0 Å². The number of benzene rings is 5. The highest BCUT2D eigenvalue weighted by atomic mass is 14.9.